The van der Waals surface area contributed by atoms with Crippen molar-refractivity contribution in [3.63, 3.8) is 0 Å². The van der Waals surface area contributed by atoms with E-state index in [0.717, 1.165) is 36.7 Å². The predicted octanol–water partition coefficient (Wildman–Crippen LogP) is 3.50. The Bertz CT molecular complexity index is 610. The van der Waals surface area contributed by atoms with E-state index in [0.29, 0.717) is 16.5 Å². The number of nitrogens with zero attached hydrogens (tertiary/aromatic N) is 1. The van der Waals surface area contributed by atoms with E-state index >= 15 is 0 Å². The molecule has 0 radical (unpaired) electrons. The van der Waals surface area contributed by atoms with Gasteiger partial charge in [0.2, 0.25) is 5.91 Å². The minimum absolute atomic E-state index is 0.116. The van der Waals surface area contributed by atoms with Gasteiger partial charge in [-0.25, -0.2) is 5.84 Å². The molecule has 1 heterocycles. The summed E-state index contributed by atoms with van der Waals surface area (Å²) in [5.41, 5.74) is 3.18. The molecule has 0 aliphatic heterocycles. The van der Waals surface area contributed by atoms with Crippen molar-refractivity contribution >= 4 is 40.0 Å². The van der Waals surface area contributed by atoms with Crippen molar-refractivity contribution in [2.75, 3.05) is 0 Å². The van der Waals surface area contributed by atoms with Crippen molar-refractivity contribution in [2.24, 2.45) is 5.84 Å². The number of carbonyl (C=O) groups is 1. The van der Waals surface area contributed by atoms with Crippen LogP contribution in [0, 0.1) is 0 Å². The van der Waals surface area contributed by atoms with Crippen LogP contribution in [0.5, 0.6) is 0 Å². The number of hydrogen-bond acceptors (Lipinski definition) is 2. The molecular formula is C14H17Cl2N3O. The number of hydrogen-bond donors (Lipinski definition) is 2. The van der Waals surface area contributed by atoms with Crippen LogP contribution < -0.4 is 11.3 Å². The second kappa shape index (κ2) is 6.97. The summed E-state index contributed by atoms with van der Waals surface area (Å²) >= 11 is 12.2. The van der Waals surface area contributed by atoms with Gasteiger partial charge >= 0.3 is 0 Å². The molecule has 0 saturated carbocycles. The summed E-state index contributed by atoms with van der Waals surface area (Å²) in [7, 11) is 0. The summed E-state index contributed by atoms with van der Waals surface area (Å²) in [6.45, 7) is 0.879. The number of fused-ring (bicyclic) bond motifs is 1. The third-order valence-corrected chi connectivity index (χ3v) is 3.80. The van der Waals surface area contributed by atoms with Crippen LogP contribution in [-0.4, -0.2) is 10.5 Å². The number of nitrogens with two attached hydrogens (primary N) is 1. The first kappa shape index (κ1) is 15.2. The Morgan fingerprint density at radius 1 is 1.25 bits per heavy atom. The van der Waals surface area contributed by atoms with Crippen LogP contribution in [0.25, 0.3) is 10.9 Å². The van der Waals surface area contributed by atoms with Crippen LogP contribution in [0.4, 0.5) is 0 Å². The quantitative estimate of drug-likeness (QED) is 0.371. The maximum atomic E-state index is 11.0. The van der Waals surface area contributed by atoms with Gasteiger partial charge in [-0.2, -0.15) is 0 Å². The first-order valence-electron chi connectivity index (χ1n) is 6.55. The number of rotatable bonds is 6. The molecule has 2 aromatic rings. The van der Waals surface area contributed by atoms with E-state index in [1.807, 2.05) is 18.3 Å². The highest BCUT2D eigenvalue weighted by Gasteiger charge is 2.06. The molecule has 1 aromatic heterocycles. The number of amides is 1. The van der Waals surface area contributed by atoms with Crippen molar-refractivity contribution in [1.82, 2.24) is 9.99 Å². The van der Waals surface area contributed by atoms with Crippen LogP contribution in [0.1, 0.15) is 25.7 Å². The van der Waals surface area contributed by atoms with E-state index in [9.17, 15) is 4.79 Å². The number of halogens is 2. The molecule has 0 bridgehead atoms. The molecule has 1 amide bonds. The number of benzene rings is 1. The molecular weight excluding hydrogens is 297 g/mol. The topological polar surface area (TPSA) is 60.0 Å². The molecule has 0 unspecified atom stereocenters. The van der Waals surface area contributed by atoms with Crippen molar-refractivity contribution in [1.29, 1.82) is 0 Å². The van der Waals surface area contributed by atoms with Gasteiger partial charge in [-0.1, -0.05) is 29.6 Å². The largest absolute Gasteiger partial charge is 0.347 e. The highest BCUT2D eigenvalue weighted by Crippen LogP contribution is 2.28. The second-order valence-electron chi connectivity index (χ2n) is 4.71. The average Bonchev–Trinajstić information content (AvgIpc) is 2.81. The smallest absolute Gasteiger partial charge is 0.233 e. The lowest BCUT2D eigenvalue weighted by atomic mass is 10.2. The van der Waals surface area contributed by atoms with Gasteiger partial charge in [0, 0.05) is 29.6 Å². The van der Waals surface area contributed by atoms with Gasteiger partial charge in [0.05, 0.1) is 10.5 Å². The van der Waals surface area contributed by atoms with Crippen LogP contribution in [0.15, 0.2) is 24.4 Å². The number of hydrazine groups is 1. The van der Waals surface area contributed by atoms with E-state index in [-0.39, 0.29) is 5.91 Å². The Labute approximate surface area is 127 Å². The molecule has 3 N–H and O–H groups in total. The molecule has 0 atom stereocenters. The Hall–Kier alpha value is -1.23. The molecule has 0 aliphatic rings. The Morgan fingerprint density at radius 3 is 2.80 bits per heavy atom. The molecule has 0 aliphatic carbocycles. The molecule has 0 saturated heterocycles. The lowest BCUT2D eigenvalue weighted by Crippen LogP contribution is -2.29. The molecule has 20 heavy (non-hydrogen) atoms. The average molecular weight is 314 g/mol. The summed E-state index contributed by atoms with van der Waals surface area (Å²) in [6, 6.07) is 5.67. The highest BCUT2D eigenvalue weighted by atomic mass is 35.5. The molecule has 6 heteroatoms. The van der Waals surface area contributed by atoms with E-state index < -0.39 is 0 Å². The van der Waals surface area contributed by atoms with E-state index in [4.69, 9.17) is 29.0 Å². The Morgan fingerprint density at radius 2 is 2.05 bits per heavy atom. The van der Waals surface area contributed by atoms with Crippen LogP contribution in [0.3, 0.4) is 0 Å². The number of aromatic nitrogens is 1. The maximum Gasteiger partial charge on any atom is 0.233 e. The number of nitrogens with one attached hydrogen (secondary N) is 1. The van der Waals surface area contributed by atoms with Gasteiger partial charge in [-0.3, -0.25) is 10.2 Å². The lowest BCUT2D eigenvalue weighted by molar-refractivity contribution is -0.121. The fourth-order valence-corrected chi connectivity index (χ4v) is 2.78. The summed E-state index contributed by atoms with van der Waals surface area (Å²) in [6.07, 6.45) is 5.29. The zero-order valence-corrected chi connectivity index (χ0v) is 12.5. The fraction of sp³-hybridized carbons (Fsp3) is 0.357. The molecule has 108 valence electrons. The number of unbranched alkanes of at least 4 members (excludes halogenated alkanes) is 2. The SMILES string of the molecule is NNC(=O)CCCCCn1ccc2c(Cl)cc(Cl)cc21. The minimum Gasteiger partial charge on any atom is -0.347 e. The zero-order chi connectivity index (χ0) is 14.5. The molecule has 1 aromatic carbocycles. The van der Waals surface area contributed by atoms with Gasteiger partial charge in [0.15, 0.2) is 0 Å². The summed E-state index contributed by atoms with van der Waals surface area (Å²) in [5, 5.41) is 2.33. The van der Waals surface area contributed by atoms with Crippen molar-refractivity contribution in [2.45, 2.75) is 32.2 Å². The van der Waals surface area contributed by atoms with Crippen molar-refractivity contribution in [3.05, 3.63) is 34.4 Å². The van der Waals surface area contributed by atoms with Crippen LogP contribution >= 0.6 is 23.2 Å². The summed E-state index contributed by atoms with van der Waals surface area (Å²) in [4.78, 5) is 11.0. The van der Waals surface area contributed by atoms with E-state index in [1.54, 1.807) is 6.07 Å². The number of carbonyl (C=O) groups excluding carboxylic acids is 1. The molecule has 0 fully saturated rings. The standard InChI is InChI=1S/C14H17Cl2N3O/c15-10-8-12(16)11-5-7-19(13(11)9-10)6-3-1-2-4-14(20)18-17/h5,7-9H,1-4,6,17H2,(H,18,20). The Kier molecular flexibility index (Phi) is 5.29. The van der Waals surface area contributed by atoms with Crippen LogP contribution in [-0.2, 0) is 11.3 Å². The second-order valence-corrected chi connectivity index (χ2v) is 5.55. The Balaban J connectivity index is 1.92. The van der Waals surface area contributed by atoms with Crippen molar-refractivity contribution in [3.8, 4) is 0 Å². The van der Waals surface area contributed by atoms with Gasteiger partial charge in [0.25, 0.3) is 0 Å². The monoisotopic (exact) mass is 313 g/mol. The van der Waals surface area contributed by atoms with Gasteiger partial charge in [-0.05, 0) is 31.0 Å². The zero-order valence-electron chi connectivity index (χ0n) is 11.0. The summed E-state index contributed by atoms with van der Waals surface area (Å²) < 4.78 is 2.14. The lowest BCUT2D eigenvalue weighted by Gasteiger charge is -2.06. The van der Waals surface area contributed by atoms with Crippen LogP contribution in [0.2, 0.25) is 10.0 Å². The fourth-order valence-electron chi connectivity index (χ4n) is 2.23. The predicted molar refractivity (Wildman–Crippen MR) is 82.8 cm³/mol. The first-order valence-corrected chi connectivity index (χ1v) is 7.30. The normalized spacial score (nSPS) is 10.9. The third-order valence-electron chi connectivity index (χ3n) is 3.27. The first-order chi connectivity index (χ1) is 9.61. The number of aryl methyl sites for hydroxylation is 1. The molecule has 2 rings (SSSR count). The van der Waals surface area contributed by atoms with E-state index in [1.165, 1.54) is 0 Å². The van der Waals surface area contributed by atoms with Gasteiger partial charge < -0.3 is 4.57 Å². The third kappa shape index (κ3) is 3.66. The van der Waals surface area contributed by atoms with E-state index in [2.05, 4.69) is 9.99 Å². The molecule has 0 spiro atoms. The van der Waals surface area contributed by atoms with Gasteiger partial charge in [0.1, 0.15) is 0 Å². The van der Waals surface area contributed by atoms with Crippen molar-refractivity contribution < 1.29 is 4.79 Å². The maximum absolute atomic E-state index is 11.0. The molecule has 4 nitrogen and oxygen atoms in total. The minimum atomic E-state index is -0.116. The summed E-state index contributed by atoms with van der Waals surface area (Å²) in [5.74, 6) is 4.91. The van der Waals surface area contributed by atoms with Gasteiger partial charge in [-0.15, -0.1) is 0 Å². The highest BCUT2D eigenvalue weighted by molar-refractivity contribution is 6.38.